The Labute approximate surface area is 159 Å². The van der Waals surface area contributed by atoms with E-state index in [1.807, 2.05) is 13.0 Å². The van der Waals surface area contributed by atoms with Crippen LogP contribution >= 0.6 is 0 Å². The van der Waals surface area contributed by atoms with Crippen molar-refractivity contribution < 1.29 is 14.0 Å². The molecule has 4 heterocycles. The number of carbonyl (C=O) groups excluding carboxylic acids is 1. The average molecular weight is 377 g/mol. The molecule has 28 heavy (non-hydrogen) atoms. The van der Waals surface area contributed by atoms with Gasteiger partial charge in [0.15, 0.2) is 11.5 Å². The van der Waals surface area contributed by atoms with Crippen molar-refractivity contribution in [1.82, 2.24) is 24.7 Å². The van der Waals surface area contributed by atoms with Crippen molar-refractivity contribution in [3.63, 3.8) is 0 Å². The van der Waals surface area contributed by atoms with E-state index in [4.69, 9.17) is 4.84 Å². The number of rotatable bonds is 4. The zero-order valence-electron chi connectivity index (χ0n) is 15.3. The number of hydrogen-bond acceptors (Lipinski definition) is 6. The van der Waals surface area contributed by atoms with Gasteiger partial charge < -0.3 is 4.84 Å². The van der Waals surface area contributed by atoms with Crippen LogP contribution in [0.5, 0.6) is 0 Å². The molecule has 4 rings (SSSR count). The minimum Gasteiger partial charge on any atom is -0.329 e. The highest BCUT2D eigenvalue weighted by Crippen LogP contribution is 2.21. The molecule has 0 N–H and O–H groups in total. The Morgan fingerprint density at radius 1 is 1.21 bits per heavy atom. The van der Waals surface area contributed by atoms with Gasteiger partial charge >= 0.3 is 5.97 Å². The molecule has 0 saturated carbocycles. The normalized spacial score (nSPS) is 11.0. The van der Waals surface area contributed by atoms with Gasteiger partial charge in [0.1, 0.15) is 17.1 Å². The van der Waals surface area contributed by atoms with Gasteiger partial charge in [-0.1, -0.05) is 13.0 Å². The van der Waals surface area contributed by atoms with Crippen molar-refractivity contribution in [1.29, 1.82) is 0 Å². The Bertz CT molecular complexity index is 1170. The summed E-state index contributed by atoms with van der Waals surface area (Å²) in [7, 11) is 0. The standard InChI is InChI=1S/C20H16FN5O2/c1-3-13-11-26(19-15(13)8-14(21)9-24-19)28-20(27)16-10-23-18(25-12(16)2)17-6-4-5-7-22-17/h4-11H,3H2,1-2H3. The molecule has 0 saturated heterocycles. The number of carbonyl (C=O) groups is 1. The van der Waals surface area contributed by atoms with Gasteiger partial charge in [-0.3, -0.25) is 4.98 Å². The molecule has 0 unspecified atom stereocenters. The lowest BCUT2D eigenvalue weighted by atomic mass is 10.2. The molecule has 0 aliphatic rings. The largest absolute Gasteiger partial charge is 0.367 e. The lowest BCUT2D eigenvalue weighted by molar-refractivity contribution is 0.0478. The molecule has 0 bridgehead atoms. The molecular formula is C20H16FN5O2. The van der Waals surface area contributed by atoms with Gasteiger partial charge in [-0.15, -0.1) is 0 Å². The lowest BCUT2D eigenvalue weighted by Gasteiger charge is -2.08. The number of aryl methyl sites for hydroxylation is 2. The van der Waals surface area contributed by atoms with Crippen molar-refractivity contribution in [2.75, 3.05) is 0 Å². The molecule has 8 heteroatoms. The van der Waals surface area contributed by atoms with Crippen LogP contribution in [0.25, 0.3) is 22.6 Å². The Morgan fingerprint density at radius 2 is 2.07 bits per heavy atom. The van der Waals surface area contributed by atoms with E-state index in [9.17, 15) is 9.18 Å². The summed E-state index contributed by atoms with van der Waals surface area (Å²) >= 11 is 0. The number of nitrogens with zero attached hydrogens (tertiary/aromatic N) is 5. The molecule has 0 radical (unpaired) electrons. The number of aromatic nitrogens is 5. The second-order valence-corrected chi connectivity index (χ2v) is 6.14. The van der Waals surface area contributed by atoms with Crippen molar-refractivity contribution in [2.45, 2.75) is 20.3 Å². The first kappa shape index (κ1) is 17.7. The fraction of sp³-hybridized carbons (Fsp3) is 0.150. The zero-order valence-corrected chi connectivity index (χ0v) is 15.3. The van der Waals surface area contributed by atoms with E-state index < -0.39 is 11.8 Å². The van der Waals surface area contributed by atoms with E-state index >= 15 is 0 Å². The third kappa shape index (κ3) is 3.20. The van der Waals surface area contributed by atoms with E-state index in [0.29, 0.717) is 34.7 Å². The van der Waals surface area contributed by atoms with E-state index in [-0.39, 0.29) is 5.56 Å². The Hall–Kier alpha value is -3.68. The highest BCUT2D eigenvalue weighted by atomic mass is 19.1. The van der Waals surface area contributed by atoms with Crippen LogP contribution in [-0.4, -0.2) is 30.6 Å². The van der Waals surface area contributed by atoms with Crippen LogP contribution in [0.1, 0.15) is 28.5 Å². The predicted molar refractivity (Wildman–Crippen MR) is 100.0 cm³/mol. The fourth-order valence-electron chi connectivity index (χ4n) is 2.89. The lowest BCUT2D eigenvalue weighted by Crippen LogP contribution is -2.21. The maximum Gasteiger partial charge on any atom is 0.367 e. The maximum absolute atomic E-state index is 13.5. The number of hydrogen-bond donors (Lipinski definition) is 0. The summed E-state index contributed by atoms with van der Waals surface area (Å²) in [4.78, 5) is 34.9. The molecule has 0 spiro atoms. The summed E-state index contributed by atoms with van der Waals surface area (Å²) in [6, 6.07) is 6.80. The Kier molecular flexibility index (Phi) is 4.52. The molecule has 0 aromatic carbocycles. The van der Waals surface area contributed by atoms with Gasteiger partial charge in [0.25, 0.3) is 0 Å². The van der Waals surface area contributed by atoms with E-state index in [2.05, 4.69) is 19.9 Å². The summed E-state index contributed by atoms with van der Waals surface area (Å²) in [5, 5.41) is 0.605. The Balaban J connectivity index is 1.65. The van der Waals surface area contributed by atoms with Crippen LogP contribution in [0.2, 0.25) is 0 Å². The summed E-state index contributed by atoms with van der Waals surface area (Å²) in [6.07, 6.45) is 6.42. The second-order valence-electron chi connectivity index (χ2n) is 6.14. The van der Waals surface area contributed by atoms with Gasteiger partial charge in [0.05, 0.1) is 18.1 Å². The predicted octanol–water partition coefficient (Wildman–Crippen LogP) is 3.17. The summed E-state index contributed by atoms with van der Waals surface area (Å²) in [5.74, 6) is -0.650. The summed E-state index contributed by atoms with van der Waals surface area (Å²) < 4.78 is 14.8. The van der Waals surface area contributed by atoms with Crippen LogP contribution in [0.4, 0.5) is 4.39 Å². The maximum atomic E-state index is 13.5. The number of pyridine rings is 2. The molecular weight excluding hydrogens is 361 g/mol. The van der Waals surface area contributed by atoms with Crippen LogP contribution < -0.4 is 4.84 Å². The highest BCUT2D eigenvalue weighted by Gasteiger charge is 2.18. The molecule has 0 amide bonds. The molecule has 0 aliphatic carbocycles. The highest BCUT2D eigenvalue weighted by molar-refractivity contribution is 5.91. The van der Waals surface area contributed by atoms with E-state index in [1.165, 1.54) is 17.0 Å². The van der Waals surface area contributed by atoms with Gasteiger partial charge in [-0.25, -0.2) is 24.1 Å². The van der Waals surface area contributed by atoms with Gasteiger partial charge in [0.2, 0.25) is 0 Å². The topological polar surface area (TPSA) is 82.8 Å². The molecule has 4 aromatic heterocycles. The van der Waals surface area contributed by atoms with Gasteiger partial charge in [-0.2, -0.15) is 4.73 Å². The molecule has 0 atom stereocenters. The van der Waals surface area contributed by atoms with Crippen molar-refractivity contribution in [2.24, 2.45) is 0 Å². The third-order valence-corrected chi connectivity index (χ3v) is 4.32. The molecule has 4 aromatic rings. The SMILES string of the molecule is CCc1cn(OC(=O)c2cnc(-c3ccccn3)nc2C)c2ncc(F)cc12. The second kappa shape index (κ2) is 7.15. The smallest absolute Gasteiger partial charge is 0.329 e. The van der Waals surface area contributed by atoms with Crippen molar-refractivity contribution in [3.05, 3.63) is 71.7 Å². The van der Waals surface area contributed by atoms with Crippen LogP contribution in [0.15, 0.2) is 49.1 Å². The van der Waals surface area contributed by atoms with E-state index in [0.717, 1.165) is 11.8 Å². The molecule has 0 aliphatic heterocycles. The third-order valence-electron chi connectivity index (χ3n) is 4.32. The van der Waals surface area contributed by atoms with Gasteiger partial charge in [0, 0.05) is 17.8 Å². The molecule has 7 nitrogen and oxygen atoms in total. The van der Waals surface area contributed by atoms with Crippen molar-refractivity contribution in [3.8, 4) is 11.5 Å². The first-order valence-corrected chi connectivity index (χ1v) is 8.70. The summed E-state index contributed by atoms with van der Waals surface area (Å²) in [5.41, 5.74) is 2.50. The minimum absolute atomic E-state index is 0.224. The zero-order chi connectivity index (χ0) is 19.7. The first-order valence-electron chi connectivity index (χ1n) is 8.70. The number of halogens is 1. The number of fused-ring (bicyclic) bond motifs is 1. The van der Waals surface area contributed by atoms with Crippen LogP contribution in [0.3, 0.4) is 0 Å². The van der Waals surface area contributed by atoms with Crippen molar-refractivity contribution >= 4 is 17.0 Å². The average Bonchev–Trinajstić information content (AvgIpc) is 3.05. The minimum atomic E-state index is -0.629. The molecule has 140 valence electrons. The summed E-state index contributed by atoms with van der Waals surface area (Å²) in [6.45, 7) is 3.63. The fourth-order valence-corrected chi connectivity index (χ4v) is 2.89. The first-order chi connectivity index (χ1) is 13.6. The van der Waals surface area contributed by atoms with Crippen LogP contribution in [0, 0.1) is 12.7 Å². The Morgan fingerprint density at radius 3 is 2.79 bits per heavy atom. The van der Waals surface area contributed by atoms with Gasteiger partial charge in [-0.05, 0) is 37.1 Å². The van der Waals surface area contributed by atoms with Crippen LogP contribution in [-0.2, 0) is 6.42 Å². The monoisotopic (exact) mass is 377 g/mol. The molecule has 0 fully saturated rings. The van der Waals surface area contributed by atoms with E-state index in [1.54, 1.807) is 31.5 Å². The quantitative estimate of drug-likeness (QED) is 0.543.